The zero-order valence-electron chi connectivity index (χ0n) is 7.28. The molecule has 0 N–H and O–H groups in total. The van der Waals surface area contributed by atoms with E-state index >= 15 is 0 Å². The Kier molecular flexibility index (Phi) is 7.19. The van der Waals surface area contributed by atoms with E-state index in [-0.39, 0.29) is 0 Å². The van der Waals surface area contributed by atoms with E-state index in [1.54, 1.807) is 0 Å². The number of aldehydes is 1. The smallest absolute Gasteiger partial charge is 0.142 e. The number of rotatable bonds is 7. The van der Waals surface area contributed by atoms with Crippen LogP contribution in [0.3, 0.4) is 0 Å². The molecule has 0 atom stereocenters. The molecule has 0 saturated heterocycles. The van der Waals surface area contributed by atoms with Crippen molar-refractivity contribution >= 4 is 6.29 Å². The number of hydrogen-bond acceptors (Lipinski definition) is 2. The van der Waals surface area contributed by atoms with Gasteiger partial charge in [-0.05, 0) is 6.08 Å². The second-order valence-corrected chi connectivity index (χ2v) is 2.36. The number of carbonyl (C=O) groups excluding carboxylic acids is 1. The quantitative estimate of drug-likeness (QED) is 0.323. The average Bonchev–Trinajstić information content (AvgIpc) is 2.06. The highest BCUT2D eigenvalue weighted by Crippen LogP contribution is 1.89. The summed E-state index contributed by atoms with van der Waals surface area (Å²) in [6.07, 6.45) is 7.76. The van der Waals surface area contributed by atoms with E-state index in [4.69, 9.17) is 0 Å². The van der Waals surface area contributed by atoms with Crippen LogP contribution in [0.4, 0.5) is 0 Å². The van der Waals surface area contributed by atoms with Crippen LogP contribution in [-0.4, -0.2) is 30.8 Å². The van der Waals surface area contributed by atoms with E-state index in [2.05, 4.69) is 18.1 Å². The van der Waals surface area contributed by atoms with Gasteiger partial charge in [0.2, 0.25) is 0 Å². The van der Waals surface area contributed by atoms with Crippen LogP contribution in [0.15, 0.2) is 37.5 Å². The molecule has 0 aromatic heterocycles. The van der Waals surface area contributed by atoms with Gasteiger partial charge in [0.1, 0.15) is 6.29 Å². The minimum absolute atomic E-state index is 0.761. The lowest BCUT2D eigenvalue weighted by molar-refractivity contribution is -0.104. The summed E-state index contributed by atoms with van der Waals surface area (Å²) in [5, 5.41) is 0. The van der Waals surface area contributed by atoms with Crippen molar-refractivity contribution in [2.24, 2.45) is 0 Å². The van der Waals surface area contributed by atoms with Crippen LogP contribution in [0.5, 0.6) is 0 Å². The summed E-state index contributed by atoms with van der Waals surface area (Å²) in [4.78, 5) is 12.1. The summed E-state index contributed by atoms with van der Waals surface area (Å²) < 4.78 is 0. The van der Waals surface area contributed by atoms with Crippen molar-refractivity contribution in [1.29, 1.82) is 0 Å². The van der Waals surface area contributed by atoms with Gasteiger partial charge in [-0.3, -0.25) is 9.69 Å². The van der Waals surface area contributed by atoms with E-state index in [0.29, 0.717) is 0 Å². The third-order valence-electron chi connectivity index (χ3n) is 1.35. The average molecular weight is 165 g/mol. The highest BCUT2D eigenvalue weighted by Gasteiger charge is 1.95. The Labute approximate surface area is 73.9 Å². The van der Waals surface area contributed by atoms with Crippen molar-refractivity contribution in [3.05, 3.63) is 37.5 Å². The van der Waals surface area contributed by atoms with Crippen molar-refractivity contribution in [3.8, 4) is 0 Å². The third-order valence-corrected chi connectivity index (χ3v) is 1.35. The largest absolute Gasteiger partial charge is 0.299 e. The second kappa shape index (κ2) is 7.95. The molecule has 0 aliphatic heterocycles. The van der Waals surface area contributed by atoms with Gasteiger partial charge in [-0.15, -0.1) is 13.2 Å². The molecular weight excluding hydrogens is 150 g/mol. The number of allylic oxidation sites excluding steroid dienone is 1. The molecule has 2 heteroatoms. The molecule has 0 saturated carbocycles. The van der Waals surface area contributed by atoms with E-state index < -0.39 is 0 Å². The number of hydrogen-bond donors (Lipinski definition) is 0. The lowest BCUT2D eigenvalue weighted by atomic mass is 10.4. The first-order valence-electron chi connectivity index (χ1n) is 3.89. The molecule has 0 radical (unpaired) electrons. The molecule has 0 amide bonds. The summed E-state index contributed by atoms with van der Waals surface area (Å²) in [7, 11) is 0. The fraction of sp³-hybridized carbons (Fsp3) is 0.300. The minimum atomic E-state index is 0.761. The number of carbonyl (C=O) groups is 1. The van der Waals surface area contributed by atoms with Gasteiger partial charge in [0.25, 0.3) is 0 Å². The Bertz CT molecular complexity index is 163. The summed E-state index contributed by atoms with van der Waals surface area (Å²) in [5.41, 5.74) is 0. The molecule has 0 aromatic rings. The van der Waals surface area contributed by atoms with Gasteiger partial charge in [0.15, 0.2) is 0 Å². The molecule has 0 bridgehead atoms. The second-order valence-electron chi connectivity index (χ2n) is 2.36. The lowest BCUT2D eigenvalue weighted by Crippen LogP contribution is -2.23. The summed E-state index contributed by atoms with van der Waals surface area (Å²) in [5.74, 6) is 0. The van der Waals surface area contributed by atoms with Crippen molar-refractivity contribution in [2.45, 2.75) is 0 Å². The maximum absolute atomic E-state index is 9.96. The summed E-state index contributed by atoms with van der Waals surface area (Å²) >= 11 is 0. The molecule has 12 heavy (non-hydrogen) atoms. The van der Waals surface area contributed by atoms with Gasteiger partial charge in [-0.2, -0.15) is 0 Å². The monoisotopic (exact) mass is 165 g/mol. The van der Waals surface area contributed by atoms with Gasteiger partial charge in [-0.25, -0.2) is 0 Å². The molecule has 0 aliphatic carbocycles. The summed E-state index contributed by atoms with van der Waals surface area (Å²) in [6.45, 7) is 9.67. The van der Waals surface area contributed by atoms with E-state index in [0.717, 1.165) is 25.9 Å². The zero-order valence-corrected chi connectivity index (χ0v) is 7.28. The normalized spacial score (nSPS) is 10.4. The predicted octanol–water partition coefficient (Wildman–Crippen LogP) is 1.42. The molecule has 0 fully saturated rings. The Morgan fingerprint density at radius 2 is 1.67 bits per heavy atom. The molecular formula is C10H15NO. The van der Waals surface area contributed by atoms with E-state index in [1.165, 1.54) is 6.08 Å². The highest BCUT2D eigenvalue weighted by molar-refractivity contribution is 5.64. The van der Waals surface area contributed by atoms with Crippen molar-refractivity contribution in [2.75, 3.05) is 19.6 Å². The zero-order chi connectivity index (χ0) is 9.23. The van der Waals surface area contributed by atoms with Crippen LogP contribution in [-0.2, 0) is 4.79 Å². The predicted molar refractivity (Wildman–Crippen MR) is 52.0 cm³/mol. The lowest BCUT2D eigenvalue weighted by Gasteiger charge is -2.15. The van der Waals surface area contributed by atoms with Crippen molar-refractivity contribution in [3.63, 3.8) is 0 Å². The van der Waals surface area contributed by atoms with Crippen molar-refractivity contribution in [1.82, 2.24) is 4.90 Å². The van der Waals surface area contributed by atoms with Crippen LogP contribution in [0, 0.1) is 0 Å². The van der Waals surface area contributed by atoms with Gasteiger partial charge < -0.3 is 0 Å². The highest BCUT2D eigenvalue weighted by atomic mass is 16.1. The minimum Gasteiger partial charge on any atom is -0.299 e. The van der Waals surface area contributed by atoms with Gasteiger partial charge in [-0.1, -0.05) is 18.2 Å². The Hall–Kier alpha value is -1.15. The van der Waals surface area contributed by atoms with Crippen LogP contribution in [0.25, 0.3) is 0 Å². The van der Waals surface area contributed by atoms with Crippen LogP contribution < -0.4 is 0 Å². The fourth-order valence-corrected chi connectivity index (χ4v) is 0.854. The maximum atomic E-state index is 9.96. The molecule has 0 unspecified atom stereocenters. The van der Waals surface area contributed by atoms with E-state index in [1.807, 2.05) is 18.2 Å². The van der Waals surface area contributed by atoms with Crippen LogP contribution in [0.1, 0.15) is 0 Å². The molecule has 0 rings (SSSR count). The first-order valence-corrected chi connectivity index (χ1v) is 3.89. The number of nitrogens with zero attached hydrogens (tertiary/aromatic N) is 1. The van der Waals surface area contributed by atoms with Gasteiger partial charge in [0.05, 0.1) is 0 Å². The fourth-order valence-electron chi connectivity index (χ4n) is 0.854. The molecule has 0 aliphatic rings. The molecule has 66 valence electrons. The maximum Gasteiger partial charge on any atom is 0.142 e. The molecule has 0 spiro atoms. The van der Waals surface area contributed by atoms with E-state index in [9.17, 15) is 4.79 Å². The first-order chi connectivity index (χ1) is 5.85. The first kappa shape index (κ1) is 10.8. The molecule has 0 aromatic carbocycles. The Morgan fingerprint density at radius 1 is 1.08 bits per heavy atom. The van der Waals surface area contributed by atoms with Crippen LogP contribution in [0.2, 0.25) is 0 Å². The standard InChI is InChI=1S/C10H15NO/c1-3-7-11(8-4-2)9-5-6-10-12/h3-6,10H,1-2,7-9H2/b6-5+. The third kappa shape index (κ3) is 5.62. The van der Waals surface area contributed by atoms with Gasteiger partial charge >= 0.3 is 0 Å². The van der Waals surface area contributed by atoms with Crippen molar-refractivity contribution < 1.29 is 4.79 Å². The Balaban J connectivity index is 3.75. The topological polar surface area (TPSA) is 20.3 Å². The Morgan fingerprint density at radius 3 is 2.08 bits per heavy atom. The van der Waals surface area contributed by atoms with Gasteiger partial charge in [0, 0.05) is 19.6 Å². The summed E-state index contributed by atoms with van der Waals surface area (Å²) in [6, 6.07) is 0. The SMILES string of the molecule is C=CCN(CC=C)C/C=C/C=O. The van der Waals surface area contributed by atoms with Crippen LogP contribution >= 0.6 is 0 Å². The molecule has 0 heterocycles. The molecule has 2 nitrogen and oxygen atoms in total.